The van der Waals surface area contributed by atoms with E-state index in [-0.39, 0.29) is 0 Å². The smallest absolute Gasteiger partial charge is 0.258 e. The molecule has 0 aliphatic carbocycles. The van der Waals surface area contributed by atoms with E-state index in [0.717, 1.165) is 6.20 Å². The van der Waals surface area contributed by atoms with Crippen LogP contribution in [0.3, 0.4) is 0 Å². The zero-order valence-electron chi connectivity index (χ0n) is 6.78. The molecule has 0 saturated carbocycles. The highest BCUT2D eigenvalue weighted by Crippen LogP contribution is 2.25. The Balaban J connectivity index is 3.20. The topological polar surface area (TPSA) is 56.0 Å². The van der Waals surface area contributed by atoms with Crippen molar-refractivity contribution in [3.63, 3.8) is 0 Å². The van der Waals surface area contributed by atoms with Crippen LogP contribution in [0.5, 0.6) is 0 Å². The van der Waals surface area contributed by atoms with Crippen molar-refractivity contribution in [3.8, 4) is 0 Å². The fourth-order valence-electron chi connectivity index (χ4n) is 0.899. The number of rotatable bonds is 3. The first-order valence-electron chi connectivity index (χ1n) is 3.53. The summed E-state index contributed by atoms with van der Waals surface area (Å²) in [5, 5.41) is 10.2. The minimum Gasteiger partial charge on any atom is -0.258 e. The lowest BCUT2D eigenvalue weighted by Crippen LogP contribution is -1.99. The van der Waals surface area contributed by atoms with Gasteiger partial charge in [-0.2, -0.15) is 0 Å². The summed E-state index contributed by atoms with van der Waals surface area (Å²) in [7, 11) is 0. The van der Waals surface area contributed by atoms with E-state index >= 15 is 0 Å². The fraction of sp³-hybridized carbons (Fsp3) is 0.286. The summed E-state index contributed by atoms with van der Waals surface area (Å²) in [4.78, 5) is 12.6. The highest BCUT2D eigenvalue weighted by molar-refractivity contribution is 5.34. The van der Waals surface area contributed by atoms with Crippen molar-refractivity contribution in [2.24, 2.45) is 0 Å². The normalized spacial score (nSPS) is 10.6. The molecule has 0 amide bonds. The maximum atomic E-state index is 12.2. The summed E-state index contributed by atoms with van der Waals surface area (Å²) < 4.78 is 36.6. The molecule has 0 bridgehead atoms. The Bertz CT molecular complexity index is 357. The summed E-state index contributed by atoms with van der Waals surface area (Å²) >= 11 is 0. The van der Waals surface area contributed by atoms with E-state index in [1.807, 2.05) is 0 Å². The number of hydrogen-bond donors (Lipinski definition) is 0. The molecule has 0 unspecified atom stereocenters. The summed E-state index contributed by atoms with van der Waals surface area (Å²) in [5.41, 5.74) is -1.77. The van der Waals surface area contributed by atoms with Crippen LogP contribution in [0.2, 0.25) is 0 Å². The van der Waals surface area contributed by atoms with Gasteiger partial charge in [-0.1, -0.05) is 0 Å². The van der Waals surface area contributed by atoms with Crippen molar-refractivity contribution < 1.29 is 18.1 Å². The molecule has 0 spiro atoms. The van der Waals surface area contributed by atoms with Gasteiger partial charge in [0.1, 0.15) is 12.9 Å². The second kappa shape index (κ2) is 4.03. The number of halogens is 3. The first-order chi connectivity index (χ1) is 6.56. The van der Waals surface area contributed by atoms with Crippen molar-refractivity contribution in [3.05, 3.63) is 33.6 Å². The predicted molar refractivity (Wildman–Crippen MR) is 40.7 cm³/mol. The van der Waals surface area contributed by atoms with Gasteiger partial charge in [0.05, 0.1) is 10.6 Å². The van der Waals surface area contributed by atoms with Crippen LogP contribution in [0.1, 0.15) is 17.7 Å². The number of aromatic nitrogens is 1. The Morgan fingerprint density at radius 3 is 2.64 bits per heavy atom. The molecule has 14 heavy (non-hydrogen) atoms. The number of nitro groups is 1. The second-order valence-corrected chi connectivity index (χ2v) is 2.42. The quantitative estimate of drug-likeness (QED) is 0.563. The van der Waals surface area contributed by atoms with Gasteiger partial charge in [-0.25, -0.2) is 13.2 Å². The molecular formula is C7H5F3N2O2. The lowest BCUT2D eigenvalue weighted by atomic mass is 10.2. The van der Waals surface area contributed by atoms with Gasteiger partial charge >= 0.3 is 0 Å². The van der Waals surface area contributed by atoms with Gasteiger partial charge in [0.15, 0.2) is 0 Å². The lowest BCUT2D eigenvalue weighted by molar-refractivity contribution is -0.385. The molecule has 0 aliphatic heterocycles. The maximum absolute atomic E-state index is 12.2. The van der Waals surface area contributed by atoms with Crippen LogP contribution in [-0.2, 0) is 6.67 Å². The van der Waals surface area contributed by atoms with Crippen LogP contribution in [0.25, 0.3) is 0 Å². The number of nitrogens with zero attached hydrogens (tertiary/aromatic N) is 2. The average Bonchev–Trinajstić information content (AvgIpc) is 2.16. The SMILES string of the molecule is O=[N+]([O-])c1cnc(CF)c(C(F)F)c1. The van der Waals surface area contributed by atoms with E-state index in [4.69, 9.17) is 0 Å². The van der Waals surface area contributed by atoms with Crippen molar-refractivity contribution in [1.82, 2.24) is 4.98 Å². The molecule has 0 saturated heterocycles. The Labute approximate surface area is 76.5 Å². The van der Waals surface area contributed by atoms with Gasteiger partial charge in [-0.15, -0.1) is 0 Å². The van der Waals surface area contributed by atoms with E-state index in [1.165, 1.54) is 0 Å². The summed E-state index contributed by atoms with van der Waals surface area (Å²) in [6.07, 6.45) is -2.21. The maximum Gasteiger partial charge on any atom is 0.288 e. The zero-order valence-corrected chi connectivity index (χ0v) is 6.78. The molecule has 76 valence electrons. The van der Waals surface area contributed by atoms with Crippen LogP contribution in [-0.4, -0.2) is 9.91 Å². The largest absolute Gasteiger partial charge is 0.288 e. The average molecular weight is 206 g/mol. The first-order valence-corrected chi connectivity index (χ1v) is 3.53. The Kier molecular flexibility index (Phi) is 3.00. The molecule has 4 nitrogen and oxygen atoms in total. The van der Waals surface area contributed by atoms with Gasteiger partial charge < -0.3 is 0 Å². The molecule has 1 aromatic rings. The molecule has 0 aliphatic rings. The molecule has 0 aromatic carbocycles. The third-order valence-corrected chi connectivity index (χ3v) is 1.56. The molecular weight excluding hydrogens is 201 g/mol. The van der Waals surface area contributed by atoms with E-state index in [0.29, 0.717) is 6.07 Å². The summed E-state index contributed by atoms with van der Waals surface area (Å²) in [6, 6.07) is 0.632. The molecule has 0 radical (unpaired) electrons. The van der Waals surface area contributed by atoms with Crippen molar-refractivity contribution in [2.75, 3.05) is 0 Å². The minimum absolute atomic E-state index is 0.467. The van der Waals surface area contributed by atoms with Gasteiger partial charge in [-0.3, -0.25) is 15.1 Å². The van der Waals surface area contributed by atoms with Crippen molar-refractivity contribution in [2.45, 2.75) is 13.1 Å². The highest BCUT2D eigenvalue weighted by atomic mass is 19.3. The van der Waals surface area contributed by atoms with Crippen LogP contribution < -0.4 is 0 Å². The Hall–Kier alpha value is -1.66. The third-order valence-electron chi connectivity index (χ3n) is 1.56. The fourth-order valence-corrected chi connectivity index (χ4v) is 0.899. The number of pyridine rings is 1. The molecule has 1 aromatic heterocycles. The van der Waals surface area contributed by atoms with Gasteiger partial charge in [0.25, 0.3) is 12.1 Å². The molecule has 0 fully saturated rings. The summed E-state index contributed by atoms with van der Waals surface area (Å²) in [6.45, 7) is -1.17. The highest BCUT2D eigenvalue weighted by Gasteiger charge is 2.18. The molecule has 1 rings (SSSR count). The first kappa shape index (κ1) is 10.4. The molecule has 0 N–H and O–H groups in total. The van der Waals surface area contributed by atoms with Gasteiger partial charge in [0, 0.05) is 11.6 Å². The van der Waals surface area contributed by atoms with Crippen molar-refractivity contribution >= 4 is 5.69 Å². The minimum atomic E-state index is -2.96. The van der Waals surface area contributed by atoms with Gasteiger partial charge in [-0.05, 0) is 0 Å². The standard InChI is InChI=1S/C7H5F3N2O2/c8-2-6-5(7(9)10)1-4(3-11-6)12(13)14/h1,3,7H,2H2. The van der Waals surface area contributed by atoms with Crippen LogP contribution >= 0.6 is 0 Å². The van der Waals surface area contributed by atoms with Crippen molar-refractivity contribution in [1.29, 1.82) is 0 Å². The van der Waals surface area contributed by atoms with Crippen LogP contribution in [0, 0.1) is 10.1 Å². The lowest BCUT2D eigenvalue weighted by Gasteiger charge is -2.03. The van der Waals surface area contributed by atoms with E-state index in [1.54, 1.807) is 0 Å². The Morgan fingerprint density at radius 2 is 2.21 bits per heavy atom. The van der Waals surface area contributed by atoms with E-state index in [9.17, 15) is 23.3 Å². The number of alkyl halides is 3. The van der Waals surface area contributed by atoms with Gasteiger partial charge in [0.2, 0.25) is 0 Å². The van der Waals surface area contributed by atoms with Crippen LogP contribution in [0.15, 0.2) is 12.3 Å². The Morgan fingerprint density at radius 1 is 1.57 bits per heavy atom. The third kappa shape index (κ3) is 1.98. The molecule has 7 heteroatoms. The number of hydrogen-bond acceptors (Lipinski definition) is 3. The second-order valence-electron chi connectivity index (χ2n) is 2.42. The zero-order chi connectivity index (χ0) is 10.7. The monoisotopic (exact) mass is 206 g/mol. The molecule has 1 heterocycles. The van der Waals surface area contributed by atoms with E-state index < -0.39 is 35.0 Å². The van der Waals surface area contributed by atoms with Crippen LogP contribution in [0.4, 0.5) is 18.9 Å². The predicted octanol–water partition coefficient (Wildman–Crippen LogP) is 2.40. The summed E-state index contributed by atoms with van der Waals surface area (Å²) in [5.74, 6) is 0. The van der Waals surface area contributed by atoms with E-state index in [2.05, 4.69) is 4.98 Å². The molecule has 0 atom stereocenters.